The number of hydrogen-bond acceptors (Lipinski definition) is 3. The van der Waals surface area contributed by atoms with Gasteiger partial charge in [0.1, 0.15) is 0 Å². The van der Waals surface area contributed by atoms with Gasteiger partial charge in [-0.15, -0.1) is 0 Å². The standard InChI is InChI=1S/C18H13F6NO2/c19-17(20,21)13-5-3-10(4-6-13)12-2-1-11-7-8-25-15(14(11)9-12)27-16(26)18(22,23)24/h1-6,9,15,25H,7-8H2. The van der Waals surface area contributed by atoms with E-state index in [1.807, 2.05) is 0 Å². The van der Waals surface area contributed by atoms with Crippen LogP contribution in [0.25, 0.3) is 11.1 Å². The molecule has 0 saturated carbocycles. The normalized spacial score (nSPS) is 17.3. The third-order valence-corrected chi connectivity index (χ3v) is 4.15. The van der Waals surface area contributed by atoms with Crippen LogP contribution in [0.2, 0.25) is 0 Å². The molecule has 0 bridgehead atoms. The van der Waals surface area contributed by atoms with Crippen molar-refractivity contribution in [2.45, 2.75) is 25.0 Å². The Balaban J connectivity index is 1.90. The van der Waals surface area contributed by atoms with Crippen LogP contribution in [0.3, 0.4) is 0 Å². The Morgan fingerprint density at radius 2 is 1.59 bits per heavy atom. The van der Waals surface area contributed by atoms with Gasteiger partial charge in [-0.25, -0.2) is 4.79 Å². The van der Waals surface area contributed by atoms with Gasteiger partial charge in [-0.2, -0.15) is 26.3 Å². The first-order valence-corrected chi connectivity index (χ1v) is 7.87. The zero-order chi connectivity index (χ0) is 19.8. The van der Waals surface area contributed by atoms with Gasteiger partial charge >= 0.3 is 18.3 Å². The first kappa shape index (κ1) is 19.2. The number of fused-ring (bicyclic) bond motifs is 1. The van der Waals surface area contributed by atoms with E-state index in [0.29, 0.717) is 35.2 Å². The van der Waals surface area contributed by atoms with Gasteiger partial charge in [0.15, 0.2) is 6.23 Å². The fourth-order valence-electron chi connectivity index (χ4n) is 2.82. The molecule has 1 aliphatic heterocycles. The molecule has 2 aromatic rings. The summed E-state index contributed by atoms with van der Waals surface area (Å²) in [5, 5.41) is 2.69. The SMILES string of the molecule is O=C(OC1NCCc2ccc(-c3ccc(C(F)(F)F)cc3)cc21)C(F)(F)F. The van der Waals surface area contributed by atoms with Gasteiger partial charge in [0.2, 0.25) is 0 Å². The van der Waals surface area contributed by atoms with Crippen LogP contribution in [-0.2, 0) is 22.1 Å². The summed E-state index contributed by atoms with van der Waals surface area (Å²) in [6, 6.07) is 9.24. The third-order valence-electron chi connectivity index (χ3n) is 4.15. The van der Waals surface area contributed by atoms with Gasteiger partial charge in [0.05, 0.1) is 5.56 Å². The molecule has 144 valence electrons. The van der Waals surface area contributed by atoms with Crippen LogP contribution >= 0.6 is 0 Å². The maximum Gasteiger partial charge on any atom is 0.490 e. The summed E-state index contributed by atoms with van der Waals surface area (Å²) in [5.41, 5.74) is 1.19. The molecule has 0 fully saturated rings. The Hall–Kier alpha value is -2.55. The Morgan fingerprint density at radius 3 is 2.19 bits per heavy atom. The Kier molecular flexibility index (Phi) is 4.90. The van der Waals surface area contributed by atoms with E-state index in [0.717, 1.165) is 12.1 Å². The predicted molar refractivity (Wildman–Crippen MR) is 83.5 cm³/mol. The average Bonchev–Trinajstić information content (AvgIpc) is 2.60. The molecule has 1 aliphatic rings. The summed E-state index contributed by atoms with van der Waals surface area (Å²) in [5.74, 6) is -2.31. The quantitative estimate of drug-likeness (QED) is 0.602. The summed E-state index contributed by atoms with van der Waals surface area (Å²) < 4.78 is 79.9. The number of alkyl halides is 6. The smallest absolute Gasteiger partial charge is 0.436 e. The summed E-state index contributed by atoms with van der Waals surface area (Å²) in [7, 11) is 0. The maximum atomic E-state index is 12.7. The molecule has 1 N–H and O–H groups in total. The molecule has 1 unspecified atom stereocenters. The van der Waals surface area contributed by atoms with Crippen molar-refractivity contribution in [1.82, 2.24) is 5.32 Å². The highest BCUT2D eigenvalue weighted by atomic mass is 19.4. The fraction of sp³-hybridized carbons (Fsp3) is 0.278. The second-order valence-electron chi connectivity index (χ2n) is 5.98. The molecule has 0 aliphatic carbocycles. The fourth-order valence-corrected chi connectivity index (χ4v) is 2.82. The molecule has 3 rings (SSSR count). The highest BCUT2D eigenvalue weighted by Crippen LogP contribution is 2.33. The van der Waals surface area contributed by atoms with E-state index >= 15 is 0 Å². The summed E-state index contributed by atoms with van der Waals surface area (Å²) >= 11 is 0. The van der Waals surface area contributed by atoms with Gasteiger partial charge < -0.3 is 4.74 Å². The molecule has 9 heteroatoms. The highest BCUT2D eigenvalue weighted by molar-refractivity contribution is 5.76. The third kappa shape index (κ3) is 4.24. The molecule has 1 atom stereocenters. The molecule has 1 heterocycles. The summed E-state index contributed by atoms with van der Waals surface area (Å²) in [4.78, 5) is 11.1. The Bertz CT molecular complexity index is 842. The van der Waals surface area contributed by atoms with Crippen molar-refractivity contribution in [3.63, 3.8) is 0 Å². The summed E-state index contributed by atoms with van der Waals surface area (Å²) in [6.07, 6.45) is -10.3. The minimum Gasteiger partial charge on any atom is -0.436 e. The number of hydrogen-bond donors (Lipinski definition) is 1. The van der Waals surface area contributed by atoms with Crippen molar-refractivity contribution in [3.8, 4) is 11.1 Å². The van der Waals surface area contributed by atoms with Gasteiger partial charge in [-0.05, 0) is 41.3 Å². The van der Waals surface area contributed by atoms with Crippen LogP contribution in [-0.4, -0.2) is 18.7 Å². The van der Waals surface area contributed by atoms with E-state index < -0.39 is 30.1 Å². The van der Waals surface area contributed by atoms with Crippen LogP contribution in [0.5, 0.6) is 0 Å². The second kappa shape index (κ2) is 6.88. The second-order valence-corrected chi connectivity index (χ2v) is 5.98. The van der Waals surface area contributed by atoms with Gasteiger partial charge in [-0.1, -0.05) is 24.3 Å². The molecule has 0 radical (unpaired) electrons. The van der Waals surface area contributed by atoms with E-state index in [2.05, 4.69) is 10.1 Å². The topological polar surface area (TPSA) is 38.3 Å². The molecule has 0 aromatic heterocycles. The lowest BCUT2D eigenvalue weighted by Gasteiger charge is -2.27. The van der Waals surface area contributed by atoms with Gasteiger partial charge in [-0.3, -0.25) is 5.32 Å². The molecule has 3 nitrogen and oxygen atoms in total. The Labute approximate surface area is 149 Å². The van der Waals surface area contributed by atoms with E-state index in [1.165, 1.54) is 18.2 Å². The number of carbonyl (C=O) groups is 1. The van der Waals surface area contributed by atoms with Crippen molar-refractivity contribution in [2.75, 3.05) is 6.54 Å². The molecular weight excluding hydrogens is 376 g/mol. The number of esters is 1. The van der Waals surface area contributed by atoms with Crippen molar-refractivity contribution < 1.29 is 35.9 Å². The van der Waals surface area contributed by atoms with E-state index in [-0.39, 0.29) is 0 Å². The van der Waals surface area contributed by atoms with Crippen molar-refractivity contribution in [1.29, 1.82) is 0 Å². The first-order valence-electron chi connectivity index (χ1n) is 7.87. The van der Waals surface area contributed by atoms with Crippen LogP contribution in [0.15, 0.2) is 42.5 Å². The molecule has 2 aromatic carbocycles. The summed E-state index contributed by atoms with van der Waals surface area (Å²) in [6.45, 7) is 0.322. The van der Waals surface area contributed by atoms with Crippen LogP contribution in [0.4, 0.5) is 26.3 Å². The van der Waals surface area contributed by atoms with Crippen LogP contribution in [0, 0.1) is 0 Å². The minimum atomic E-state index is -5.12. The maximum absolute atomic E-state index is 12.7. The number of halogens is 6. The minimum absolute atomic E-state index is 0.322. The molecular formula is C18H13F6NO2. The van der Waals surface area contributed by atoms with Crippen molar-refractivity contribution in [2.24, 2.45) is 0 Å². The lowest BCUT2D eigenvalue weighted by atomic mass is 9.94. The molecule has 0 amide bonds. The highest BCUT2D eigenvalue weighted by Gasteiger charge is 2.43. The Morgan fingerprint density at radius 1 is 0.963 bits per heavy atom. The average molecular weight is 389 g/mol. The number of carbonyl (C=O) groups excluding carboxylic acids is 1. The van der Waals surface area contributed by atoms with E-state index in [4.69, 9.17) is 0 Å². The predicted octanol–water partition coefficient (Wildman–Crippen LogP) is 4.62. The van der Waals surface area contributed by atoms with Gasteiger partial charge in [0, 0.05) is 12.1 Å². The number of nitrogens with one attached hydrogen (secondary N) is 1. The zero-order valence-corrected chi connectivity index (χ0v) is 13.6. The number of benzene rings is 2. The van der Waals surface area contributed by atoms with Crippen molar-refractivity contribution >= 4 is 5.97 Å². The lowest BCUT2D eigenvalue weighted by molar-refractivity contribution is -0.207. The van der Waals surface area contributed by atoms with Gasteiger partial charge in [0.25, 0.3) is 0 Å². The molecule has 0 saturated heterocycles. The van der Waals surface area contributed by atoms with Crippen LogP contribution < -0.4 is 5.32 Å². The first-order chi connectivity index (χ1) is 12.6. The number of rotatable bonds is 2. The molecule has 0 spiro atoms. The monoisotopic (exact) mass is 389 g/mol. The number of ether oxygens (including phenoxy) is 1. The van der Waals surface area contributed by atoms with Crippen LogP contribution in [0.1, 0.15) is 22.9 Å². The van der Waals surface area contributed by atoms with E-state index in [1.54, 1.807) is 12.1 Å². The lowest BCUT2D eigenvalue weighted by Crippen LogP contribution is -2.36. The zero-order valence-electron chi connectivity index (χ0n) is 13.6. The van der Waals surface area contributed by atoms with Crippen molar-refractivity contribution in [3.05, 3.63) is 59.2 Å². The molecule has 27 heavy (non-hydrogen) atoms. The van der Waals surface area contributed by atoms with E-state index in [9.17, 15) is 31.1 Å². The largest absolute Gasteiger partial charge is 0.490 e.